The zero-order chi connectivity index (χ0) is 15.4. The number of hydrogen-bond acceptors (Lipinski definition) is 2. The number of benzene rings is 2. The first-order valence-electron chi connectivity index (χ1n) is 7.48. The van der Waals surface area contributed by atoms with Crippen LogP contribution in [0.2, 0.25) is 0 Å². The number of amides is 1. The molecular weight excluding hydrogens is 281 g/mol. The minimum atomic E-state index is -0.345. The van der Waals surface area contributed by atoms with Gasteiger partial charge in [-0.25, -0.2) is 4.39 Å². The van der Waals surface area contributed by atoms with Gasteiger partial charge < -0.3 is 9.64 Å². The highest BCUT2D eigenvalue weighted by molar-refractivity contribution is 6.06. The molecule has 0 N–H and O–H groups in total. The molecule has 0 spiro atoms. The third-order valence-electron chi connectivity index (χ3n) is 3.81. The van der Waals surface area contributed by atoms with Crippen molar-refractivity contribution in [3.63, 3.8) is 0 Å². The Morgan fingerprint density at radius 1 is 1.14 bits per heavy atom. The standard InChI is InChI=1S/C18H18FNO2/c19-15-10-8-14(9-11-15)18(21)20(13-17-7-4-12-22-17)16-5-2-1-3-6-16/h1-3,5-6,8-11,17H,4,7,12-13H2. The van der Waals surface area contributed by atoms with E-state index in [-0.39, 0.29) is 17.8 Å². The van der Waals surface area contributed by atoms with Gasteiger partial charge in [0.05, 0.1) is 12.6 Å². The van der Waals surface area contributed by atoms with Gasteiger partial charge in [-0.15, -0.1) is 0 Å². The van der Waals surface area contributed by atoms with Gasteiger partial charge in [-0.05, 0) is 49.2 Å². The van der Waals surface area contributed by atoms with Gasteiger partial charge in [0.2, 0.25) is 0 Å². The normalized spacial score (nSPS) is 17.4. The lowest BCUT2D eigenvalue weighted by atomic mass is 10.1. The van der Waals surface area contributed by atoms with Crippen molar-refractivity contribution in [2.75, 3.05) is 18.1 Å². The molecular formula is C18H18FNO2. The third kappa shape index (κ3) is 3.34. The van der Waals surface area contributed by atoms with Crippen molar-refractivity contribution >= 4 is 11.6 Å². The van der Waals surface area contributed by atoms with Crippen LogP contribution in [-0.4, -0.2) is 25.2 Å². The largest absolute Gasteiger partial charge is 0.376 e. The van der Waals surface area contributed by atoms with Crippen LogP contribution in [-0.2, 0) is 4.74 Å². The van der Waals surface area contributed by atoms with Crippen LogP contribution in [0.4, 0.5) is 10.1 Å². The summed E-state index contributed by atoms with van der Waals surface area (Å²) in [6.45, 7) is 1.26. The molecule has 2 aromatic rings. The number of para-hydroxylation sites is 1. The molecule has 1 aliphatic rings. The van der Waals surface area contributed by atoms with E-state index >= 15 is 0 Å². The number of ether oxygens (including phenoxy) is 1. The van der Waals surface area contributed by atoms with Gasteiger partial charge in [-0.3, -0.25) is 4.79 Å². The molecule has 2 aromatic carbocycles. The van der Waals surface area contributed by atoms with Crippen LogP contribution in [0.3, 0.4) is 0 Å². The average molecular weight is 299 g/mol. The first-order valence-corrected chi connectivity index (χ1v) is 7.48. The Morgan fingerprint density at radius 2 is 1.86 bits per heavy atom. The maximum Gasteiger partial charge on any atom is 0.258 e. The predicted molar refractivity (Wildman–Crippen MR) is 83.5 cm³/mol. The maximum atomic E-state index is 13.1. The van der Waals surface area contributed by atoms with Crippen molar-refractivity contribution < 1.29 is 13.9 Å². The summed E-state index contributed by atoms with van der Waals surface area (Å²) < 4.78 is 18.7. The second kappa shape index (κ2) is 6.71. The molecule has 1 atom stereocenters. The lowest BCUT2D eigenvalue weighted by Gasteiger charge is -2.25. The molecule has 1 heterocycles. The Labute approximate surface area is 129 Å². The monoisotopic (exact) mass is 299 g/mol. The van der Waals surface area contributed by atoms with E-state index in [1.54, 1.807) is 4.90 Å². The molecule has 0 saturated carbocycles. The molecule has 22 heavy (non-hydrogen) atoms. The van der Waals surface area contributed by atoms with E-state index in [0.29, 0.717) is 12.1 Å². The van der Waals surface area contributed by atoms with Crippen molar-refractivity contribution in [3.8, 4) is 0 Å². The van der Waals surface area contributed by atoms with Gasteiger partial charge in [0, 0.05) is 17.9 Å². The Hall–Kier alpha value is -2.20. The van der Waals surface area contributed by atoms with E-state index in [0.717, 1.165) is 25.1 Å². The van der Waals surface area contributed by atoms with Crippen LogP contribution < -0.4 is 4.90 Å². The van der Waals surface area contributed by atoms with Crippen molar-refractivity contribution in [2.45, 2.75) is 18.9 Å². The molecule has 1 saturated heterocycles. The lowest BCUT2D eigenvalue weighted by molar-refractivity contribution is 0.0917. The molecule has 1 aliphatic heterocycles. The molecule has 0 aliphatic carbocycles. The third-order valence-corrected chi connectivity index (χ3v) is 3.81. The first kappa shape index (κ1) is 14.7. The second-order valence-corrected chi connectivity index (χ2v) is 5.39. The zero-order valence-electron chi connectivity index (χ0n) is 12.2. The Bertz CT molecular complexity index is 621. The van der Waals surface area contributed by atoms with E-state index in [2.05, 4.69) is 0 Å². The zero-order valence-corrected chi connectivity index (χ0v) is 12.2. The quantitative estimate of drug-likeness (QED) is 0.862. The van der Waals surface area contributed by atoms with Gasteiger partial charge >= 0.3 is 0 Å². The average Bonchev–Trinajstić information content (AvgIpc) is 3.07. The number of halogens is 1. The number of carbonyl (C=O) groups excluding carboxylic acids is 1. The number of rotatable bonds is 4. The highest BCUT2D eigenvalue weighted by Crippen LogP contribution is 2.21. The summed E-state index contributed by atoms with van der Waals surface area (Å²) in [6, 6.07) is 15.2. The van der Waals surface area contributed by atoms with Crippen LogP contribution in [0.1, 0.15) is 23.2 Å². The Kier molecular flexibility index (Phi) is 4.49. The van der Waals surface area contributed by atoms with Crippen molar-refractivity contribution in [1.82, 2.24) is 0 Å². The van der Waals surface area contributed by atoms with E-state index in [4.69, 9.17) is 4.74 Å². The van der Waals surface area contributed by atoms with Crippen molar-refractivity contribution in [3.05, 3.63) is 66.0 Å². The summed E-state index contributed by atoms with van der Waals surface area (Å²) >= 11 is 0. The van der Waals surface area contributed by atoms with Gasteiger partial charge in [0.15, 0.2) is 0 Å². The smallest absolute Gasteiger partial charge is 0.258 e. The molecule has 1 fully saturated rings. The van der Waals surface area contributed by atoms with Gasteiger partial charge in [0.25, 0.3) is 5.91 Å². The maximum absolute atomic E-state index is 13.1. The van der Waals surface area contributed by atoms with E-state index < -0.39 is 0 Å². The summed E-state index contributed by atoms with van der Waals surface area (Å²) in [7, 11) is 0. The summed E-state index contributed by atoms with van der Waals surface area (Å²) in [5.41, 5.74) is 1.30. The fraction of sp³-hybridized carbons (Fsp3) is 0.278. The Balaban J connectivity index is 1.86. The number of anilines is 1. The van der Waals surface area contributed by atoms with E-state index in [1.807, 2.05) is 30.3 Å². The fourth-order valence-electron chi connectivity index (χ4n) is 2.65. The predicted octanol–water partition coefficient (Wildman–Crippen LogP) is 3.65. The summed E-state index contributed by atoms with van der Waals surface area (Å²) in [5, 5.41) is 0. The molecule has 0 bridgehead atoms. The van der Waals surface area contributed by atoms with E-state index in [1.165, 1.54) is 24.3 Å². The molecule has 3 nitrogen and oxygen atoms in total. The van der Waals surface area contributed by atoms with E-state index in [9.17, 15) is 9.18 Å². The minimum Gasteiger partial charge on any atom is -0.376 e. The van der Waals surface area contributed by atoms with Crippen molar-refractivity contribution in [2.24, 2.45) is 0 Å². The van der Waals surface area contributed by atoms with Gasteiger partial charge in [-0.1, -0.05) is 18.2 Å². The molecule has 1 unspecified atom stereocenters. The lowest BCUT2D eigenvalue weighted by Crippen LogP contribution is -2.37. The molecule has 0 radical (unpaired) electrons. The topological polar surface area (TPSA) is 29.5 Å². The fourth-order valence-corrected chi connectivity index (χ4v) is 2.65. The second-order valence-electron chi connectivity index (χ2n) is 5.39. The molecule has 4 heteroatoms. The van der Waals surface area contributed by atoms with Crippen LogP contribution in [0, 0.1) is 5.82 Å². The first-order chi connectivity index (χ1) is 10.7. The Morgan fingerprint density at radius 3 is 2.50 bits per heavy atom. The van der Waals surface area contributed by atoms with Crippen molar-refractivity contribution in [1.29, 1.82) is 0 Å². The van der Waals surface area contributed by atoms with Crippen LogP contribution >= 0.6 is 0 Å². The molecule has 3 rings (SSSR count). The number of carbonyl (C=O) groups is 1. The van der Waals surface area contributed by atoms with Gasteiger partial charge in [-0.2, -0.15) is 0 Å². The highest BCUT2D eigenvalue weighted by Gasteiger charge is 2.24. The summed E-state index contributed by atoms with van der Waals surface area (Å²) in [6.07, 6.45) is 2.04. The highest BCUT2D eigenvalue weighted by atomic mass is 19.1. The SMILES string of the molecule is O=C(c1ccc(F)cc1)N(CC1CCCO1)c1ccccc1. The minimum absolute atomic E-state index is 0.0598. The molecule has 0 aromatic heterocycles. The van der Waals surface area contributed by atoms with Crippen LogP contribution in [0.25, 0.3) is 0 Å². The number of hydrogen-bond donors (Lipinski definition) is 0. The molecule has 114 valence electrons. The van der Waals surface area contributed by atoms with Gasteiger partial charge in [0.1, 0.15) is 5.82 Å². The summed E-state index contributed by atoms with van der Waals surface area (Å²) in [5.74, 6) is -0.483. The summed E-state index contributed by atoms with van der Waals surface area (Å²) in [4.78, 5) is 14.5. The van der Waals surface area contributed by atoms with Crippen LogP contribution in [0.15, 0.2) is 54.6 Å². The number of nitrogens with zero attached hydrogens (tertiary/aromatic N) is 1. The molecule has 1 amide bonds. The van der Waals surface area contributed by atoms with Crippen LogP contribution in [0.5, 0.6) is 0 Å².